The minimum Gasteiger partial charge on any atom is -0.454 e. The van der Waals surface area contributed by atoms with E-state index in [4.69, 9.17) is 9.47 Å². The number of benzene rings is 3. The number of nitrogens with one attached hydrogen (secondary N) is 1. The van der Waals surface area contributed by atoms with Gasteiger partial charge in [0.2, 0.25) is 6.79 Å². The minimum absolute atomic E-state index is 0.0868. The van der Waals surface area contributed by atoms with Crippen molar-refractivity contribution in [3.63, 3.8) is 0 Å². The summed E-state index contributed by atoms with van der Waals surface area (Å²) in [6, 6.07) is 20.7. The standard InChI is InChI=1S/C33H33N5O3/c1-22-32(33(39)37-14-12-36(2)13-15-37)27(26-9-5-7-24-6-3-4-8-25(24)26)19-38(22)29(28-18-34-20-35-28)16-23-10-11-30-31(17-23)41-21-40-30/h3-11,17-20,29H,12-16,21H2,1-2H3,(H,34,35). The lowest BCUT2D eigenvalue weighted by Crippen LogP contribution is -2.47. The molecule has 7 rings (SSSR count). The molecule has 41 heavy (non-hydrogen) atoms. The van der Waals surface area contributed by atoms with Gasteiger partial charge in [-0.2, -0.15) is 0 Å². The lowest BCUT2D eigenvalue weighted by Gasteiger charge is -2.32. The van der Waals surface area contributed by atoms with E-state index in [1.54, 1.807) is 6.33 Å². The second-order valence-electron chi connectivity index (χ2n) is 10.9. The summed E-state index contributed by atoms with van der Waals surface area (Å²) in [4.78, 5) is 26.3. The average molecular weight is 548 g/mol. The van der Waals surface area contributed by atoms with Crippen LogP contribution in [0.2, 0.25) is 0 Å². The molecular formula is C33H33N5O3. The Kier molecular flexibility index (Phi) is 6.47. The van der Waals surface area contributed by atoms with Gasteiger partial charge in [0, 0.05) is 43.6 Å². The van der Waals surface area contributed by atoms with Gasteiger partial charge in [0.05, 0.1) is 29.8 Å². The molecule has 1 unspecified atom stereocenters. The Hall–Kier alpha value is -4.56. The van der Waals surface area contributed by atoms with E-state index in [1.165, 1.54) is 0 Å². The van der Waals surface area contributed by atoms with Gasteiger partial charge in [-0.05, 0) is 54.4 Å². The van der Waals surface area contributed by atoms with E-state index >= 15 is 0 Å². The van der Waals surface area contributed by atoms with Crippen molar-refractivity contribution >= 4 is 16.7 Å². The molecule has 3 aromatic carbocycles. The molecule has 0 bridgehead atoms. The van der Waals surface area contributed by atoms with E-state index in [9.17, 15) is 4.79 Å². The van der Waals surface area contributed by atoms with E-state index in [-0.39, 0.29) is 18.7 Å². The van der Waals surface area contributed by atoms with Gasteiger partial charge < -0.3 is 28.8 Å². The molecule has 8 nitrogen and oxygen atoms in total. The summed E-state index contributed by atoms with van der Waals surface area (Å²) in [5, 5.41) is 2.28. The van der Waals surface area contributed by atoms with Gasteiger partial charge >= 0.3 is 0 Å². The monoisotopic (exact) mass is 547 g/mol. The first-order chi connectivity index (χ1) is 20.1. The van der Waals surface area contributed by atoms with Crippen LogP contribution in [0.3, 0.4) is 0 Å². The highest BCUT2D eigenvalue weighted by Gasteiger charge is 2.30. The van der Waals surface area contributed by atoms with Gasteiger partial charge in [-0.3, -0.25) is 4.79 Å². The molecule has 1 fully saturated rings. The van der Waals surface area contributed by atoms with Crippen LogP contribution < -0.4 is 9.47 Å². The van der Waals surface area contributed by atoms with Crippen molar-refractivity contribution in [2.75, 3.05) is 40.0 Å². The molecule has 4 heterocycles. The van der Waals surface area contributed by atoms with Crippen molar-refractivity contribution in [1.82, 2.24) is 24.3 Å². The molecule has 208 valence electrons. The zero-order chi connectivity index (χ0) is 27.9. The molecule has 0 radical (unpaired) electrons. The Morgan fingerprint density at radius 1 is 0.976 bits per heavy atom. The van der Waals surface area contributed by atoms with Crippen LogP contribution in [0.1, 0.15) is 33.4 Å². The van der Waals surface area contributed by atoms with E-state index in [0.29, 0.717) is 6.42 Å². The van der Waals surface area contributed by atoms with Crippen molar-refractivity contribution in [2.45, 2.75) is 19.4 Å². The Morgan fingerprint density at radius 3 is 2.61 bits per heavy atom. The SMILES string of the molecule is Cc1c(C(=O)N2CCN(C)CC2)c(-c2cccc3ccccc23)cn1C(Cc1ccc2c(c1)OCO2)c1cnc[nH]1. The third kappa shape index (κ3) is 4.64. The molecule has 1 atom stereocenters. The topological polar surface area (TPSA) is 75.6 Å². The maximum Gasteiger partial charge on any atom is 0.256 e. The second kappa shape index (κ2) is 10.4. The molecule has 8 heteroatoms. The number of rotatable bonds is 6. The number of H-pyrrole nitrogens is 1. The smallest absolute Gasteiger partial charge is 0.256 e. The summed E-state index contributed by atoms with van der Waals surface area (Å²) in [6.07, 6.45) is 6.43. The number of piperazine rings is 1. The fourth-order valence-corrected chi connectivity index (χ4v) is 6.15. The molecule has 2 aliphatic heterocycles. The number of hydrogen-bond donors (Lipinski definition) is 1. The summed E-state index contributed by atoms with van der Waals surface area (Å²) < 4.78 is 13.5. The second-order valence-corrected chi connectivity index (χ2v) is 10.9. The normalized spacial score (nSPS) is 15.9. The summed E-state index contributed by atoms with van der Waals surface area (Å²) in [6.45, 7) is 5.49. The van der Waals surface area contributed by atoms with Crippen LogP contribution in [0.4, 0.5) is 0 Å². The Bertz CT molecular complexity index is 1710. The van der Waals surface area contributed by atoms with Crippen LogP contribution in [-0.2, 0) is 6.42 Å². The van der Waals surface area contributed by atoms with Crippen LogP contribution >= 0.6 is 0 Å². The molecule has 1 N–H and O–H groups in total. The van der Waals surface area contributed by atoms with E-state index < -0.39 is 0 Å². The number of nitrogens with zero attached hydrogens (tertiary/aromatic N) is 4. The highest BCUT2D eigenvalue weighted by atomic mass is 16.7. The van der Waals surface area contributed by atoms with Crippen molar-refractivity contribution in [3.05, 3.63) is 102 Å². The molecule has 2 aliphatic rings. The minimum atomic E-state index is -0.111. The molecule has 5 aromatic rings. The molecule has 2 aromatic heterocycles. The van der Waals surface area contributed by atoms with Crippen molar-refractivity contribution in [1.29, 1.82) is 0 Å². The number of aromatic amines is 1. The van der Waals surface area contributed by atoms with Crippen LogP contribution in [0, 0.1) is 6.92 Å². The molecule has 0 aliphatic carbocycles. The van der Waals surface area contributed by atoms with Gasteiger partial charge in [0.15, 0.2) is 11.5 Å². The number of ether oxygens (including phenoxy) is 2. The number of aromatic nitrogens is 3. The van der Waals surface area contributed by atoms with Gasteiger partial charge in [-0.1, -0.05) is 48.5 Å². The lowest BCUT2D eigenvalue weighted by atomic mass is 9.96. The van der Waals surface area contributed by atoms with Crippen LogP contribution in [0.15, 0.2) is 79.4 Å². The highest BCUT2D eigenvalue weighted by molar-refractivity contribution is 6.07. The fraction of sp³-hybridized carbons (Fsp3) is 0.273. The van der Waals surface area contributed by atoms with Crippen LogP contribution in [0.5, 0.6) is 11.5 Å². The van der Waals surface area contributed by atoms with Gasteiger partial charge in [0.1, 0.15) is 0 Å². The molecule has 1 amide bonds. The average Bonchev–Trinajstić information content (AvgIpc) is 3.76. The Morgan fingerprint density at radius 2 is 1.78 bits per heavy atom. The largest absolute Gasteiger partial charge is 0.454 e. The summed E-state index contributed by atoms with van der Waals surface area (Å²) in [5.74, 6) is 1.61. The van der Waals surface area contributed by atoms with Crippen molar-refractivity contribution in [2.24, 2.45) is 0 Å². The predicted octanol–water partition coefficient (Wildman–Crippen LogP) is 5.29. The number of hydrogen-bond acceptors (Lipinski definition) is 5. The van der Waals surface area contributed by atoms with Crippen molar-refractivity contribution in [3.8, 4) is 22.6 Å². The van der Waals surface area contributed by atoms with Gasteiger partial charge in [-0.15, -0.1) is 0 Å². The third-order valence-corrected chi connectivity index (χ3v) is 8.45. The lowest BCUT2D eigenvalue weighted by molar-refractivity contribution is 0.0664. The van der Waals surface area contributed by atoms with Crippen LogP contribution in [0.25, 0.3) is 21.9 Å². The zero-order valence-electron chi connectivity index (χ0n) is 23.3. The molecular weight excluding hydrogens is 514 g/mol. The number of fused-ring (bicyclic) bond motifs is 2. The summed E-state index contributed by atoms with van der Waals surface area (Å²) in [5.41, 5.74) is 5.81. The maximum absolute atomic E-state index is 14.3. The number of carbonyl (C=O) groups is 1. The van der Waals surface area contributed by atoms with Gasteiger partial charge in [0.25, 0.3) is 5.91 Å². The van der Waals surface area contributed by atoms with Crippen molar-refractivity contribution < 1.29 is 14.3 Å². The fourth-order valence-electron chi connectivity index (χ4n) is 6.15. The first-order valence-electron chi connectivity index (χ1n) is 14.1. The number of carbonyl (C=O) groups excluding carboxylic acids is 1. The molecule has 1 saturated heterocycles. The predicted molar refractivity (Wildman–Crippen MR) is 159 cm³/mol. The van der Waals surface area contributed by atoms with E-state index in [2.05, 4.69) is 88.1 Å². The Labute approximate surface area is 239 Å². The molecule has 0 saturated carbocycles. The molecule has 0 spiro atoms. The quantitative estimate of drug-likeness (QED) is 0.313. The zero-order valence-corrected chi connectivity index (χ0v) is 23.3. The summed E-state index contributed by atoms with van der Waals surface area (Å²) >= 11 is 0. The van der Waals surface area contributed by atoms with Crippen LogP contribution in [-0.4, -0.2) is 70.3 Å². The third-order valence-electron chi connectivity index (χ3n) is 8.45. The number of likely N-dealkylation sites (N-methyl/N-ethyl adjacent to an activating group) is 1. The first kappa shape index (κ1) is 25.4. The first-order valence-corrected chi connectivity index (χ1v) is 14.1. The number of amides is 1. The van der Waals surface area contributed by atoms with E-state index in [1.807, 2.05) is 23.2 Å². The Balaban J connectivity index is 1.38. The van der Waals surface area contributed by atoms with E-state index in [0.717, 1.165) is 82.1 Å². The van der Waals surface area contributed by atoms with Gasteiger partial charge in [-0.25, -0.2) is 4.98 Å². The summed E-state index contributed by atoms with van der Waals surface area (Å²) in [7, 11) is 2.11. The maximum atomic E-state index is 14.3. The highest BCUT2D eigenvalue weighted by Crippen LogP contribution is 2.39. The number of imidazole rings is 1.